The van der Waals surface area contributed by atoms with Gasteiger partial charge in [0.05, 0.1) is 5.69 Å². The molecule has 0 saturated heterocycles. The molecule has 0 unspecified atom stereocenters. The summed E-state index contributed by atoms with van der Waals surface area (Å²) in [7, 11) is 0. The van der Waals surface area contributed by atoms with E-state index in [0.717, 1.165) is 11.3 Å². The largest absolute Gasteiger partial charge is 0.345 e. The van der Waals surface area contributed by atoms with E-state index < -0.39 is 0 Å². The zero-order valence-corrected chi connectivity index (χ0v) is 9.36. The molecule has 2 aromatic heterocycles. The van der Waals surface area contributed by atoms with Gasteiger partial charge >= 0.3 is 0 Å². The number of hydrogen-bond donors (Lipinski definition) is 1. The predicted octanol–water partition coefficient (Wildman–Crippen LogP) is 2.95. The van der Waals surface area contributed by atoms with Crippen molar-refractivity contribution in [3.05, 3.63) is 47.9 Å². The van der Waals surface area contributed by atoms with Crippen LogP contribution in [0.3, 0.4) is 0 Å². The summed E-state index contributed by atoms with van der Waals surface area (Å²) in [6, 6.07) is 8.53. The Hall–Kier alpha value is -2.03. The van der Waals surface area contributed by atoms with Gasteiger partial charge < -0.3 is 4.98 Å². The number of fused-ring (bicyclic) bond motifs is 1. The van der Waals surface area contributed by atoms with Gasteiger partial charge in [-0.2, -0.15) is 5.10 Å². The molecule has 0 spiro atoms. The first-order chi connectivity index (χ1) is 7.75. The normalized spacial score (nSPS) is 11.1. The van der Waals surface area contributed by atoms with Crippen molar-refractivity contribution in [1.29, 1.82) is 0 Å². The van der Waals surface area contributed by atoms with Crippen LogP contribution >= 0.6 is 0 Å². The molecule has 3 aromatic rings. The SMILES string of the molecule is Cc1ccc(-c2c(C)nn3cc[nH]c23)cc1. The molecule has 0 radical (unpaired) electrons. The lowest BCUT2D eigenvalue weighted by Crippen LogP contribution is -1.81. The third-order valence-electron chi connectivity index (χ3n) is 2.86. The van der Waals surface area contributed by atoms with Crippen molar-refractivity contribution < 1.29 is 0 Å². The van der Waals surface area contributed by atoms with Crippen LogP contribution in [-0.2, 0) is 0 Å². The summed E-state index contributed by atoms with van der Waals surface area (Å²) in [6.07, 6.45) is 3.83. The zero-order valence-electron chi connectivity index (χ0n) is 9.36. The Labute approximate surface area is 93.7 Å². The average Bonchev–Trinajstić information content (AvgIpc) is 2.79. The number of aromatic amines is 1. The molecule has 0 atom stereocenters. The monoisotopic (exact) mass is 211 g/mol. The summed E-state index contributed by atoms with van der Waals surface area (Å²) in [5.41, 5.74) is 5.78. The molecule has 80 valence electrons. The number of imidazole rings is 1. The van der Waals surface area contributed by atoms with E-state index >= 15 is 0 Å². The molecule has 0 fully saturated rings. The van der Waals surface area contributed by atoms with E-state index in [1.807, 2.05) is 23.8 Å². The quantitative estimate of drug-likeness (QED) is 0.659. The van der Waals surface area contributed by atoms with Crippen LogP contribution in [0.1, 0.15) is 11.3 Å². The molecule has 0 aliphatic carbocycles. The van der Waals surface area contributed by atoms with E-state index in [0.29, 0.717) is 0 Å². The lowest BCUT2D eigenvalue weighted by atomic mass is 10.0. The summed E-state index contributed by atoms with van der Waals surface area (Å²) in [6.45, 7) is 4.13. The second-order valence-corrected chi connectivity index (χ2v) is 4.08. The minimum absolute atomic E-state index is 1.05. The standard InChI is InChI=1S/C13H13N3/c1-9-3-5-11(6-4-9)12-10(2)15-16-8-7-14-13(12)16/h3-8,14H,1-2H3. The fourth-order valence-electron chi connectivity index (χ4n) is 2.05. The Bertz CT molecular complexity index is 629. The molecule has 0 bridgehead atoms. The summed E-state index contributed by atoms with van der Waals surface area (Å²) in [5.74, 6) is 0. The smallest absolute Gasteiger partial charge is 0.141 e. The number of nitrogens with zero attached hydrogens (tertiary/aromatic N) is 2. The van der Waals surface area contributed by atoms with E-state index in [1.165, 1.54) is 16.7 Å². The number of H-pyrrole nitrogens is 1. The van der Waals surface area contributed by atoms with Crippen LogP contribution in [0.15, 0.2) is 36.7 Å². The second kappa shape index (κ2) is 3.23. The van der Waals surface area contributed by atoms with Crippen molar-refractivity contribution in [3.8, 4) is 11.1 Å². The molecule has 3 rings (SSSR count). The minimum atomic E-state index is 1.05. The highest BCUT2D eigenvalue weighted by Gasteiger charge is 2.11. The summed E-state index contributed by atoms with van der Waals surface area (Å²) in [4.78, 5) is 3.22. The lowest BCUT2D eigenvalue weighted by Gasteiger charge is -2.00. The van der Waals surface area contributed by atoms with Crippen LogP contribution in [0, 0.1) is 13.8 Å². The zero-order chi connectivity index (χ0) is 11.1. The highest BCUT2D eigenvalue weighted by molar-refractivity contribution is 5.79. The molecule has 1 aromatic carbocycles. The molecule has 0 amide bonds. The van der Waals surface area contributed by atoms with E-state index in [9.17, 15) is 0 Å². The maximum Gasteiger partial charge on any atom is 0.141 e. The van der Waals surface area contributed by atoms with Crippen LogP contribution in [0.4, 0.5) is 0 Å². The van der Waals surface area contributed by atoms with Crippen LogP contribution < -0.4 is 0 Å². The third-order valence-corrected chi connectivity index (χ3v) is 2.86. The van der Waals surface area contributed by atoms with Crippen molar-refractivity contribution in [2.75, 3.05) is 0 Å². The first-order valence-corrected chi connectivity index (χ1v) is 5.35. The number of aryl methyl sites for hydroxylation is 2. The molecule has 0 saturated carbocycles. The van der Waals surface area contributed by atoms with Crippen molar-refractivity contribution in [1.82, 2.24) is 14.6 Å². The first-order valence-electron chi connectivity index (χ1n) is 5.35. The Morgan fingerprint density at radius 1 is 1.12 bits per heavy atom. The molecule has 3 nitrogen and oxygen atoms in total. The summed E-state index contributed by atoms with van der Waals surface area (Å²) in [5, 5.41) is 4.46. The van der Waals surface area contributed by atoms with Gasteiger partial charge in [-0.15, -0.1) is 0 Å². The van der Waals surface area contributed by atoms with Crippen molar-refractivity contribution >= 4 is 5.65 Å². The summed E-state index contributed by atoms with van der Waals surface area (Å²) < 4.78 is 1.88. The van der Waals surface area contributed by atoms with Crippen molar-refractivity contribution in [2.24, 2.45) is 0 Å². The molecule has 1 N–H and O–H groups in total. The minimum Gasteiger partial charge on any atom is -0.345 e. The van der Waals surface area contributed by atoms with Crippen LogP contribution in [0.2, 0.25) is 0 Å². The van der Waals surface area contributed by atoms with Gasteiger partial charge in [0.15, 0.2) is 0 Å². The van der Waals surface area contributed by atoms with E-state index in [-0.39, 0.29) is 0 Å². The number of benzene rings is 1. The Balaban J connectivity index is 2.28. The lowest BCUT2D eigenvalue weighted by molar-refractivity contribution is 0.945. The van der Waals surface area contributed by atoms with Crippen molar-refractivity contribution in [3.63, 3.8) is 0 Å². The number of nitrogens with one attached hydrogen (secondary N) is 1. The van der Waals surface area contributed by atoms with E-state index in [4.69, 9.17) is 0 Å². The molecule has 0 aliphatic rings. The summed E-state index contributed by atoms with van der Waals surface area (Å²) >= 11 is 0. The average molecular weight is 211 g/mol. The Morgan fingerprint density at radius 3 is 2.62 bits per heavy atom. The fraction of sp³-hybridized carbons (Fsp3) is 0.154. The van der Waals surface area contributed by atoms with Gasteiger partial charge in [0.25, 0.3) is 0 Å². The van der Waals surface area contributed by atoms with E-state index in [1.54, 1.807) is 0 Å². The highest BCUT2D eigenvalue weighted by atomic mass is 15.3. The van der Waals surface area contributed by atoms with Gasteiger partial charge in [-0.05, 0) is 19.4 Å². The molecule has 16 heavy (non-hydrogen) atoms. The maximum absolute atomic E-state index is 4.46. The van der Waals surface area contributed by atoms with Crippen LogP contribution in [0.5, 0.6) is 0 Å². The molecule has 3 heteroatoms. The van der Waals surface area contributed by atoms with Gasteiger partial charge in [0.2, 0.25) is 0 Å². The number of rotatable bonds is 1. The molecule has 0 aliphatic heterocycles. The van der Waals surface area contributed by atoms with Gasteiger partial charge in [-0.1, -0.05) is 29.8 Å². The second-order valence-electron chi connectivity index (χ2n) is 4.08. The van der Waals surface area contributed by atoms with Crippen molar-refractivity contribution in [2.45, 2.75) is 13.8 Å². The topological polar surface area (TPSA) is 33.1 Å². The van der Waals surface area contributed by atoms with Crippen LogP contribution in [-0.4, -0.2) is 14.6 Å². The molecular weight excluding hydrogens is 198 g/mol. The van der Waals surface area contributed by atoms with Crippen LogP contribution in [0.25, 0.3) is 16.8 Å². The highest BCUT2D eigenvalue weighted by Crippen LogP contribution is 2.27. The fourth-order valence-corrected chi connectivity index (χ4v) is 2.05. The number of aromatic nitrogens is 3. The van der Waals surface area contributed by atoms with Gasteiger partial charge in [-0.3, -0.25) is 0 Å². The molecular formula is C13H13N3. The van der Waals surface area contributed by atoms with Gasteiger partial charge in [0.1, 0.15) is 5.65 Å². The Morgan fingerprint density at radius 2 is 1.88 bits per heavy atom. The van der Waals surface area contributed by atoms with Gasteiger partial charge in [0, 0.05) is 18.0 Å². The first kappa shape index (κ1) is 9.21. The predicted molar refractivity (Wildman–Crippen MR) is 64.5 cm³/mol. The molecule has 2 heterocycles. The van der Waals surface area contributed by atoms with E-state index in [2.05, 4.69) is 41.3 Å². The third kappa shape index (κ3) is 1.25. The van der Waals surface area contributed by atoms with Gasteiger partial charge in [-0.25, -0.2) is 4.52 Å². The Kier molecular flexibility index (Phi) is 1.86. The maximum atomic E-state index is 4.46. The number of hydrogen-bond acceptors (Lipinski definition) is 1.